The van der Waals surface area contributed by atoms with E-state index in [-0.39, 0.29) is 10.6 Å². The maximum absolute atomic E-state index is 12.3. The van der Waals surface area contributed by atoms with E-state index in [1.54, 1.807) is 18.2 Å². The number of rotatable bonds is 3. The molecule has 6 heteroatoms. The quantitative estimate of drug-likeness (QED) is 0.362. The average Bonchev–Trinajstić information content (AvgIpc) is 3.06. The number of halogens is 2. The number of aromatic nitrogens is 2. The van der Waals surface area contributed by atoms with Gasteiger partial charge in [-0.15, -0.1) is 0 Å². The number of esters is 1. The number of nitrogens with one attached hydrogen (secondary N) is 1. The fraction of sp³-hybridized carbons (Fsp3) is 0. The Morgan fingerprint density at radius 1 is 0.962 bits per heavy atom. The summed E-state index contributed by atoms with van der Waals surface area (Å²) in [7, 11) is 0. The van der Waals surface area contributed by atoms with E-state index in [9.17, 15) is 4.79 Å². The molecule has 4 aromatic rings. The van der Waals surface area contributed by atoms with E-state index in [1.165, 1.54) is 12.1 Å². The molecule has 4 nitrogen and oxygen atoms in total. The van der Waals surface area contributed by atoms with E-state index in [1.807, 2.05) is 36.4 Å². The molecule has 1 N–H and O–H groups in total. The van der Waals surface area contributed by atoms with Crippen LogP contribution in [0.3, 0.4) is 0 Å². The predicted octanol–water partition coefficient (Wildman–Crippen LogP) is 5.76. The fourth-order valence-electron chi connectivity index (χ4n) is 2.59. The highest BCUT2D eigenvalue weighted by Gasteiger charge is 2.13. The smallest absolute Gasteiger partial charge is 0.345 e. The van der Waals surface area contributed by atoms with Crippen molar-refractivity contribution in [2.24, 2.45) is 0 Å². The van der Waals surface area contributed by atoms with Gasteiger partial charge < -0.3 is 9.72 Å². The molecular formula is C20H12Cl2N2O2. The third-order valence-electron chi connectivity index (χ3n) is 3.88. The first-order valence-corrected chi connectivity index (χ1v) is 8.58. The Balaban J connectivity index is 1.55. The predicted molar refractivity (Wildman–Crippen MR) is 103 cm³/mol. The Labute approximate surface area is 159 Å². The molecule has 0 radical (unpaired) electrons. The van der Waals surface area contributed by atoms with E-state index in [0.29, 0.717) is 10.8 Å². The number of carbonyl (C=O) groups is 1. The van der Waals surface area contributed by atoms with Crippen molar-refractivity contribution in [1.82, 2.24) is 9.97 Å². The van der Waals surface area contributed by atoms with Crippen LogP contribution in [0.5, 0.6) is 5.75 Å². The van der Waals surface area contributed by atoms with E-state index in [4.69, 9.17) is 27.9 Å². The van der Waals surface area contributed by atoms with Crippen LogP contribution in [0, 0.1) is 0 Å². The summed E-state index contributed by atoms with van der Waals surface area (Å²) in [5.41, 5.74) is 3.02. The van der Waals surface area contributed by atoms with Gasteiger partial charge in [-0.1, -0.05) is 35.3 Å². The summed E-state index contributed by atoms with van der Waals surface area (Å²) in [5, 5.41) is 0.711. The van der Waals surface area contributed by atoms with Gasteiger partial charge in [0.15, 0.2) is 0 Å². The van der Waals surface area contributed by atoms with Crippen LogP contribution in [0.15, 0.2) is 66.7 Å². The largest absolute Gasteiger partial charge is 0.423 e. The summed E-state index contributed by atoms with van der Waals surface area (Å²) in [6, 6.07) is 19.5. The molecule has 0 aliphatic rings. The molecule has 0 bridgehead atoms. The van der Waals surface area contributed by atoms with Crippen molar-refractivity contribution < 1.29 is 9.53 Å². The molecule has 0 amide bonds. The molecule has 26 heavy (non-hydrogen) atoms. The van der Waals surface area contributed by atoms with Crippen LogP contribution in [0.25, 0.3) is 22.4 Å². The average molecular weight is 383 g/mol. The summed E-state index contributed by atoms with van der Waals surface area (Å²) >= 11 is 11.9. The molecule has 0 spiro atoms. The number of benzene rings is 3. The van der Waals surface area contributed by atoms with Crippen molar-refractivity contribution in [3.63, 3.8) is 0 Å². The number of hydrogen-bond donors (Lipinski definition) is 1. The normalized spacial score (nSPS) is 10.8. The van der Waals surface area contributed by atoms with Crippen molar-refractivity contribution in [1.29, 1.82) is 0 Å². The Hall–Kier alpha value is -2.82. The molecule has 0 aliphatic heterocycles. The first-order chi connectivity index (χ1) is 12.6. The van der Waals surface area contributed by atoms with Crippen molar-refractivity contribution in [2.75, 3.05) is 0 Å². The molecule has 0 saturated carbocycles. The molecule has 1 heterocycles. The van der Waals surface area contributed by atoms with Crippen LogP contribution in [-0.2, 0) is 0 Å². The summed E-state index contributed by atoms with van der Waals surface area (Å²) in [6.45, 7) is 0. The third-order valence-corrected chi connectivity index (χ3v) is 4.43. The number of carbonyl (C=O) groups excluding carboxylic acids is 1. The number of fused-ring (bicyclic) bond motifs is 1. The van der Waals surface area contributed by atoms with Crippen LogP contribution >= 0.6 is 23.2 Å². The topological polar surface area (TPSA) is 55.0 Å². The van der Waals surface area contributed by atoms with E-state index >= 15 is 0 Å². The number of H-pyrrole nitrogens is 1. The Kier molecular flexibility index (Phi) is 4.37. The summed E-state index contributed by atoms with van der Waals surface area (Å²) in [4.78, 5) is 20.1. The lowest BCUT2D eigenvalue weighted by atomic mass is 10.2. The molecule has 0 unspecified atom stereocenters. The van der Waals surface area contributed by atoms with Gasteiger partial charge in [0.25, 0.3) is 0 Å². The van der Waals surface area contributed by atoms with Crippen LogP contribution in [0.4, 0.5) is 0 Å². The number of nitrogens with zero attached hydrogens (tertiary/aromatic N) is 1. The summed E-state index contributed by atoms with van der Waals surface area (Å²) in [5.74, 6) is 0.633. The lowest BCUT2D eigenvalue weighted by Gasteiger charge is -2.06. The van der Waals surface area contributed by atoms with Crippen molar-refractivity contribution in [3.05, 3.63) is 82.3 Å². The highest BCUT2D eigenvalue weighted by molar-refractivity contribution is 6.36. The Bertz CT molecular complexity index is 1070. The Morgan fingerprint density at radius 3 is 2.46 bits per heavy atom. The number of ether oxygens (including phenoxy) is 1. The van der Waals surface area contributed by atoms with Gasteiger partial charge >= 0.3 is 5.97 Å². The van der Waals surface area contributed by atoms with Crippen LogP contribution < -0.4 is 4.74 Å². The van der Waals surface area contributed by atoms with Gasteiger partial charge in [0, 0.05) is 10.6 Å². The molecule has 0 atom stereocenters. The fourth-order valence-corrected chi connectivity index (χ4v) is 3.07. The highest BCUT2D eigenvalue weighted by atomic mass is 35.5. The van der Waals surface area contributed by atoms with E-state index in [2.05, 4.69) is 9.97 Å². The standard InChI is InChI=1S/C20H12Cl2N2O2/c21-13-7-10-15(16(22)11-13)20(25)26-14-8-5-12(6-9-14)19-23-17-3-1-2-4-18(17)24-19/h1-11H,(H,23,24). The highest BCUT2D eigenvalue weighted by Crippen LogP contribution is 2.25. The van der Waals surface area contributed by atoms with E-state index < -0.39 is 5.97 Å². The molecular weight excluding hydrogens is 371 g/mol. The zero-order valence-corrected chi connectivity index (χ0v) is 14.9. The van der Waals surface area contributed by atoms with Crippen LogP contribution in [-0.4, -0.2) is 15.9 Å². The Morgan fingerprint density at radius 2 is 1.73 bits per heavy atom. The van der Waals surface area contributed by atoms with Crippen LogP contribution in [0.2, 0.25) is 10.0 Å². The summed E-state index contributed by atoms with van der Waals surface area (Å²) in [6.07, 6.45) is 0. The van der Waals surface area contributed by atoms with Gasteiger partial charge in [-0.3, -0.25) is 0 Å². The summed E-state index contributed by atoms with van der Waals surface area (Å²) < 4.78 is 5.37. The molecule has 3 aromatic carbocycles. The second-order valence-electron chi connectivity index (χ2n) is 5.64. The zero-order valence-electron chi connectivity index (χ0n) is 13.4. The van der Waals surface area contributed by atoms with Gasteiger partial charge in [0.2, 0.25) is 0 Å². The van der Waals surface area contributed by atoms with Gasteiger partial charge in [0.1, 0.15) is 11.6 Å². The van der Waals surface area contributed by atoms with Gasteiger partial charge in [-0.2, -0.15) is 0 Å². The first-order valence-electron chi connectivity index (χ1n) is 7.82. The molecule has 128 valence electrons. The maximum Gasteiger partial charge on any atom is 0.345 e. The van der Waals surface area contributed by atoms with Gasteiger partial charge in [0.05, 0.1) is 21.6 Å². The van der Waals surface area contributed by atoms with Crippen LogP contribution in [0.1, 0.15) is 10.4 Å². The minimum Gasteiger partial charge on any atom is -0.423 e. The number of imidazole rings is 1. The third kappa shape index (κ3) is 3.29. The van der Waals surface area contributed by atoms with E-state index in [0.717, 1.165) is 22.4 Å². The minimum atomic E-state index is -0.539. The lowest BCUT2D eigenvalue weighted by Crippen LogP contribution is -2.09. The van der Waals surface area contributed by atoms with Gasteiger partial charge in [-0.05, 0) is 54.6 Å². The monoisotopic (exact) mass is 382 g/mol. The number of hydrogen-bond acceptors (Lipinski definition) is 3. The molecule has 1 aromatic heterocycles. The lowest BCUT2D eigenvalue weighted by molar-refractivity contribution is 0.0735. The molecule has 0 saturated heterocycles. The van der Waals surface area contributed by atoms with Crippen molar-refractivity contribution >= 4 is 40.2 Å². The number of aromatic amines is 1. The molecule has 0 fully saturated rings. The van der Waals surface area contributed by atoms with Crippen molar-refractivity contribution in [2.45, 2.75) is 0 Å². The van der Waals surface area contributed by atoms with Gasteiger partial charge in [-0.25, -0.2) is 9.78 Å². The zero-order chi connectivity index (χ0) is 18.1. The molecule has 0 aliphatic carbocycles. The maximum atomic E-state index is 12.3. The number of para-hydroxylation sites is 2. The SMILES string of the molecule is O=C(Oc1ccc(-c2nc3ccccc3[nH]2)cc1)c1ccc(Cl)cc1Cl. The second kappa shape index (κ2) is 6.83. The minimum absolute atomic E-state index is 0.251. The first kappa shape index (κ1) is 16.6. The van der Waals surface area contributed by atoms with Crippen molar-refractivity contribution in [3.8, 4) is 17.1 Å². The second-order valence-corrected chi connectivity index (χ2v) is 6.48. The molecule has 4 rings (SSSR count).